The van der Waals surface area contributed by atoms with Crippen molar-refractivity contribution in [2.24, 2.45) is 0 Å². The topological polar surface area (TPSA) is 70.2 Å². The molecule has 0 saturated carbocycles. The second-order valence-corrected chi connectivity index (χ2v) is 5.15. The zero-order valence-electron chi connectivity index (χ0n) is 13.1. The van der Waals surface area contributed by atoms with Crippen LogP contribution < -0.4 is 16.0 Å². The molecule has 0 heterocycles. The molecule has 3 amide bonds. The Bertz CT molecular complexity index is 716. The molecule has 0 spiro atoms. The van der Waals surface area contributed by atoms with Crippen molar-refractivity contribution in [2.45, 2.75) is 12.7 Å². The van der Waals surface area contributed by atoms with Crippen LogP contribution in [0.15, 0.2) is 54.6 Å². The summed E-state index contributed by atoms with van der Waals surface area (Å²) >= 11 is 0. The smallest absolute Gasteiger partial charge is 0.334 e. The second-order valence-electron chi connectivity index (χ2n) is 5.15. The van der Waals surface area contributed by atoms with Gasteiger partial charge in [-0.1, -0.05) is 30.3 Å². The standard InChI is InChI=1S/C17H16F3N3O2/c18-17(19,20)13-6-8-14(9-7-13)23-15(24)11-22-16(25)21-10-12-4-2-1-3-5-12/h1-9H,10-11H2,(H,23,24)(H2,21,22,25). The summed E-state index contributed by atoms with van der Waals surface area (Å²) in [6.07, 6.45) is -4.43. The van der Waals surface area contributed by atoms with E-state index in [2.05, 4.69) is 16.0 Å². The van der Waals surface area contributed by atoms with E-state index < -0.39 is 23.7 Å². The Morgan fingerprint density at radius 2 is 1.52 bits per heavy atom. The maximum Gasteiger partial charge on any atom is 0.416 e. The average molecular weight is 351 g/mol. The van der Waals surface area contributed by atoms with Crippen LogP contribution in [0.25, 0.3) is 0 Å². The number of halogens is 3. The molecule has 0 atom stereocenters. The van der Waals surface area contributed by atoms with Gasteiger partial charge in [0.25, 0.3) is 0 Å². The number of nitrogens with one attached hydrogen (secondary N) is 3. The summed E-state index contributed by atoms with van der Waals surface area (Å²) in [5.41, 5.74) is 0.320. The van der Waals surface area contributed by atoms with E-state index in [1.54, 1.807) is 0 Å². The number of urea groups is 1. The minimum absolute atomic E-state index is 0.212. The first-order chi connectivity index (χ1) is 11.8. The molecule has 5 nitrogen and oxygen atoms in total. The van der Waals surface area contributed by atoms with Gasteiger partial charge in [0.05, 0.1) is 12.1 Å². The Labute approximate surface area is 142 Å². The van der Waals surface area contributed by atoms with Gasteiger partial charge in [-0.2, -0.15) is 13.2 Å². The molecule has 2 aromatic carbocycles. The third-order valence-corrected chi connectivity index (χ3v) is 3.20. The maximum absolute atomic E-state index is 12.4. The van der Waals surface area contributed by atoms with Crippen molar-refractivity contribution in [3.05, 3.63) is 65.7 Å². The summed E-state index contributed by atoms with van der Waals surface area (Å²) in [4.78, 5) is 23.3. The summed E-state index contributed by atoms with van der Waals surface area (Å²) in [7, 11) is 0. The third-order valence-electron chi connectivity index (χ3n) is 3.20. The molecule has 0 fully saturated rings. The molecule has 0 saturated heterocycles. The van der Waals surface area contributed by atoms with Crippen molar-refractivity contribution < 1.29 is 22.8 Å². The number of hydrogen-bond acceptors (Lipinski definition) is 2. The number of amides is 3. The summed E-state index contributed by atoms with van der Waals surface area (Å²) in [6.45, 7) is 0.00877. The monoisotopic (exact) mass is 351 g/mol. The van der Waals surface area contributed by atoms with Crippen LogP contribution in [0.5, 0.6) is 0 Å². The highest BCUT2D eigenvalue weighted by Crippen LogP contribution is 2.29. The number of hydrogen-bond donors (Lipinski definition) is 3. The quantitative estimate of drug-likeness (QED) is 0.774. The lowest BCUT2D eigenvalue weighted by molar-refractivity contribution is -0.137. The lowest BCUT2D eigenvalue weighted by atomic mass is 10.2. The summed E-state index contributed by atoms with van der Waals surface area (Å²) in [6, 6.07) is 12.7. The molecule has 0 aliphatic carbocycles. The minimum atomic E-state index is -4.43. The number of anilines is 1. The fourth-order valence-electron chi connectivity index (χ4n) is 1.95. The van der Waals surface area contributed by atoms with Crippen molar-refractivity contribution in [3.63, 3.8) is 0 Å². The van der Waals surface area contributed by atoms with Gasteiger partial charge in [-0.25, -0.2) is 4.79 Å². The lowest BCUT2D eigenvalue weighted by Crippen LogP contribution is -2.39. The summed E-state index contributed by atoms with van der Waals surface area (Å²) < 4.78 is 37.3. The van der Waals surface area contributed by atoms with Gasteiger partial charge in [0.1, 0.15) is 0 Å². The molecule has 132 valence electrons. The van der Waals surface area contributed by atoms with E-state index in [9.17, 15) is 22.8 Å². The van der Waals surface area contributed by atoms with Crippen LogP contribution in [0.2, 0.25) is 0 Å². The van der Waals surface area contributed by atoms with E-state index in [0.717, 1.165) is 29.8 Å². The molecule has 25 heavy (non-hydrogen) atoms. The van der Waals surface area contributed by atoms with E-state index in [-0.39, 0.29) is 12.2 Å². The predicted molar refractivity (Wildman–Crippen MR) is 86.8 cm³/mol. The van der Waals surface area contributed by atoms with Crippen LogP contribution in [0, 0.1) is 0 Å². The Morgan fingerprint density at radius 1 is 0.880 bits per heavy atom. The highest BCUT2D eigenvalue weighted by molar-refractivity contribution is 5.94. The lowest BCUT2D eigenvalue weighted by Gasteiger charge is -2.10. The molecule has 2 rings (SSSR count). The van der Waals surface area contributed by atoms with E-state index >= 15 is 0 Å². The predicted octanol–water partition coefficient (Wildman–Crippen LogP) is 3.14. The van der Waals surface area contributed by atoms with Crippen molar-refractivity contribution in [1.82, 2.24) is 10.6 Å². The molecular formula is C17H16F3N3O2. The number of carbonyl (C=O) groups is 2. The van der Waals surface area contributed by atoms with Gasteiger partial charge in [-0.05, 0) is 29.8 Å². The van der Waals surface area contributed by atoms with Gasteiger partial charge in [-0.3, -0.25) is 4.79 Å². The Hall–Kier alpha value is -3.03. The fourth-order valence-corrected chi connectivity index (χ4v) is 1.95. The average Bonchev–Trinajstić information content (AvgIpc) is 2.59. The Kier molecular flexibility index (Phi) is 5.99. The first kappa shape index (κ1) is 18.3. The Balaban J connectivity index is 1.74. The second kappa shape index (κ2) is 8.18. The van der Waals surface area contributed by atoms with Gasteiger partial charge in [0.15, 0.2) is 0 Å². The minimum Gasteiger partial charge on any atom is -0.334 e. The van der Waals surface area contributed by atoms with E-state index in [1.165, 1.54) is 0 Å². The normalized spacial score (nSPS) is 10.8. The molecule has 3 N–H and O–H groups in total. The molecule has 0 radical (unpaired) electrons. The van der Waals surface area contributed by atoms with E-state index in [4.69, 9.17) is 0 Å². The number of carbonyl (C=O) groups excluding carboxylic acids is 2. The van der Waals surface area contributed by atoms with Crippen molar-refractivity contribution in [3.8, 4) is 0 Å². The van der Waals surface area contributed by atoms with Crippen LogP contribution in [0.4, 0.5) is 23.7 Å². The summed E-state index contributed by atoms with van der Waals surface area (Å²) in [5, 5.41) is 7.35. The molecule has 2 aromatic rings. The molecule has 0 aliphatic heterocycles. The van der Waals surface area contributed by atoms with E-state index in [0.29, 0.717) is 6.54 Å². The largest absolute Gasteiger partial charge is 0.416 e. The van der Waals surface area contributed by atoms with Crippen molar-refractivity contribution in [1.29, 1.82) is 0 Å². The molecule has 8 heteroatoms. The molecular weight excluding hydrogens is 335 g/mol. The van der Waals surface area contributed by atoms with Gasteiger partial charge in [0, 0.05) is 12.2 Å². The highest BCUT2D eigenvalue weighted by Gasteiger charge is 2.29. The molecule has 0 unspecified atom stereocenters. The number of benzene rings is 2. The first-order valence-corrected chi connectivity index (χ1v) is 7.37. The van der Waals surface area contributed by atoms with Crippen molar-refractivity contribution in [2.75, 3.05) is 11.9 Å². The number of rotatable bonds is 5. The van der Waals surface area contributed by atoms with Crippen LogP contribution in [0.3, 0.4) is 0 Å². The molecule has 0 aliphatic rings. The van der Waals surface area contributed by atoms with Gasteiger partial charge < -0.3 is 16.0 Å². The first-order valence-electron chi connectivity index (χ1n) is 7.37. The third kappa shape index (κ3) is 6.17. The highest BCUT2D eigenvalue weighted by atomic mass is 19.4. The van der Waals surface area contributed by atoms with Gasteiger partial charge in [-0.15, -0.1) is 0 Å². The Morgan fingerprint density at radius 3 is 2.12 bits per heavy atom. The SMILES string of the molecule is O=C(CNC(=O)NCc1ccccc1)Nc1ccc(C(F)(F)F)cc1. The van der Waals surface area contributed by atoms with Crippen LogP contribution in [-0.2, 0) is 17.5 Å². The molecule has 0 bridgehead atoms. The summed E-state index contributed by atoms with van der Waals surface area (Å²) in [5.74, 6) is -0.547. The van der Waals surface area contributed by atoms with E-state index in [1.807, 2.05) is 30.3 Å². The molecule has 0 aromatic heterocycles. The van der Waals surface area contributed by atoms with Gasteiger partial charge in [0.2, 0.25) is 5.91 Å². The van der Waals surface area contributed by atoms with Crippen LogP contribution in [-0.4, -0.2) is 18.5 Å². The zero-order chi connectivity index (χ0) is 18.3. The zero-order valence-corrected chi connectivity index (χ0v) is 13.1. The van der Waals surface area contributed by atoms with Crippen LogP contribution in [0.1, 0.15) is 11.1 Å². The fraction of sp³-hybridized carbons (Fsp3) is 0.176. The van der Waals surface area contributed by atoms with Gasteiger partial charge >= 0.3 is 12.2 Å². The number of alkyl halides is 3. The van der Waals surface area contributed by atoms with Crippen LogP contribution >= 0.6 is 0 Å². The van der Waals surface area contributed by atoms with Crippen molar-refractivity contribution >= 4 is 17.6 Å². The maximum atomic E-state index is 12.4.